The second kappa shape index (κ2) is 16.1. The summed E-state index contributed by atoms with van der Waals surface area (Å²) >= 11 is 0. The minimum atomic E-state index is 0.924. The van der Waals surface area contributed by atoms with Crippen molar-refractivity contribution in [3.05, 3.63) is 18.5 Å². The average Bonchev–Trinajstić information content (AvgIpc) is 2.96. The fraction of sp³-hybridized carbons (Fsp3) is 0.786. The lowest BCUT2D eigenvalue weighted by Crippen LogP contribution is -2.35. The standard InChI is InChI=1S/C6H13NO.C4H6N2.2C2H6/c1-2-7-3-5-8-6-4-7;1-6-4-2-3-5-6;2*1-2/h2-6H2,1H3;2-4H,1H3;2*1-2H3. The highest BCUT2D eigenvalue weighted by molar-refractivity contribution is 4.75. The third kappa shape index (κ3) is 11.6. The maximum atomic E-state index is 5.16. The Morgan fingerprint density at radius 1 is 1.11 bits per heavy atom. The molecule has 0 bridgehead atoms. The second-order valence-electron chi connectivity index (χ2n) is 3.23. The molecule has 18 heavy (non-hydrogen) atoms. The van der Waals surface area contributed by atoms with Crippen LogP contribution >= 0.6 is 0 Å². The lowest BCUT2D eigenvalue weighted by molar-refractivity contribution is 0.0405. The van der Waals surface area contributed by atoms with Gasteiger partial charge in [0.1, 0.15) is 0 Å². The number of ether oxygens (including phenoxy) is 1. The van der Waals surface area contributed by atoms with E-state index in [0.29, 0.717) is 0 Å². The molecule has 1 aliphatic heterocycles. The van der Waals surface area contributed by atoms with Crippen molar-refractivity contribution in [2.75, 3.05) is 32.8 Å². The molecule has 108 valence electrons. The van der Waals surface area contributed by atoms with Crippen LogP contribution in [0.25, 0.3) is 0 Å². The van der Waals surface area contributed by atoms with E-state index in [0.717, 1.165) is 26.3 Å². The number of hydrogen-bond donors (Lipinski definition) is 0. The predicted octanol–water partition coefficient (Wildman–Crippen LogP) is 2.81. The van der Waals surface area contributed by atoms with Crippen LogP contribution in [0.1, 0.15) is 34.6 Å². The molecule has 1 aromatic heterocycles. The first-order valence-electron chi connectivity index (χ1n) is 7.06. The molecule has 1 aromatic rings. The first-order chi connectivity index (χ1) is 8.83. The molecule has 0 atom stereocenters. The SMILES string of the molecule is CC.CC.CCN1CCOCC1.Cn1cccn1. The highest BCUT2D eigenvalue weighted by Crippen LogP contribution is 1.93. The lowest BCUT2D eigenvalue weighted by Gasteiger charge is -2.24. The molecule has 0 aliphatic carbocycles. The smallest absolute Gasteiger partial charge is 0.0594 e. The molecule has 1 aliphatic rings. The molecule has 2 rings (SSSR count). The maximum Gasteiger partial charge on any atom is 0.0594 e. The van der Waals surface area contributed by atoms with Crippen LogP contribution in [0.2, 0.25) is 0 Å². The van der Waals surface area contributed by atoms with E-state index in [1.54, 1.807) is 10.9 Å². The Bertz CT molecular complexity index is 219. The van der Waals surface area contributed by atoms with Gasteiger partial charge in [0.25, 0.3) is 0 Å². The Morgan fingerprint density at radius 3 is 1.89 bits per heavy atom. The van der Waals surface area contributed by atoms with Crippen molar-refractivity contribution in [3.8, 4) is 0 Å². The van der Waals surface area contributed by atoms with Gasteiger partial charge in [0.15, 0.2) is 0 Å². The lowest BCUT2D eigenvalue weighted by atomic mass is 10.4. The Hall–Kier alpha value is -0.870. The van der Waals surface area contributed by atoms with Crippen LogP contribution in [-0.4, -0.2) is 47.5 Å². The van der Waals surface area contributed by atoms with Crippen LogP contribution in [-0.2, 0) is 11.8 Å². The van der Waals surface area contributed by atoms with Gasteiger partial charge in [-0.2, -0.15) is 5.10 Å². The molecule has 2 heterocycles. The number of nitrogens with zero attached hydrogens (tertiary/aromatic N) is 3. The van der Waals surface area contributed by atoms with Gasteiger partial charge in [0.05, 0.1) is 13.2 Å². The Balaban J connectivity index is 0. The molecular weight excluding hydrogens is 226 g/mol. The van der Waals surface area contributed by atoms with E-state index >= 15 is 0 Å². The summed E-state index contributed by atoms with van der Waals surface area (Å²) in [4.78, 5) is 2.39. The third-order valence-corrected chi connectivity index (χ3v) is 2.19. The Morgan fingerprint density at radius 2 is 1.67 bits per heavy atom. The van der Waals surface area contributed by atoms with Crippen LogP contribution < -0.4 is 0 Å². The molecule has 0 radical (unpaired) electrons. The van der Waals surface area contributed by atoms with Crippen molar-refractivity contribution < 1.29 is 4.74 Å². The molecule has 0 aromatic carbocycles. The van der Waals surface area contributed by atoms with E-state index in [1.807, 2.05) is 47.0 Å². The Kier molecular flexibility index (Phi) is 17.4. The first-order valence-corrected chi connectivity index (χ1v) is 7.06. The number of morpholine rings is 1. The summed E-state index contributed by atoms with van der Waals surface area (Å²) in [5.74, 6) is 0. The van der Waals surface area contributed by atoms with Gasteiger partial charge in [-0.05, 0) is 12.6 Å². The van der Waals surface area contributed by atoms with E-state index in [1.165, 1.54) is 6.54 Å². The van der Waals surface area contributed by atoms with Crippen LogP contribution in [0.15, 0.2) is 18.5 Å². The fourth-order valence-electron chi connectivity index (χ4n) is 1.26. The zero-order valence-electron chi connectivity index (χ0n) is 13.0. The molecule has 4 nitrogen and oxygen atoms in total. The largest absolute Gasteiger partial charge is 0.379 e. The fourth-order valence-corrected chi connectivity index (χ4v) is 1.26. The van der Waals surface area contributed by atoms with Crippen LogP contribution in [0.4, 0.5) is 0 Å². The number of likely N-dealkylation sites (N-methyl/N-ethyl adjacent to an activating group) is 1. The van der Waals surface area contributed by atoms with Crippen molar-refractivity contribution in [3.63, 3.8) is 0 Å². The van der Waals surface area contributed by atoms with E-state index in [-0.39, 0.29) is 0 Å². The monoisotopic (exact) mass is 257 g/mol. The summed E-state index contributed by atoms with van der Waals surface area (Å²) in [7, 11) is 1.89. The van der Waals surface area contributed by atoms with Gasteiger partial charge >= 0.3 is 0 Å². The zero-order valence-corrected chi connectivity index (χ0v) is 13.0. The molecule has 1 fully saturated rings. The quantitative estimate of drug-likeness (QED) is 0.775. The van der Waals surface area contributed by atoms with Crippen molar-refractivity contribution >= 4 is 0 Å². The van der Waals surface area contributed by atoms with Crippen molar-refractivity contribution in [2.24, 2.45) is 7.05 Å². The van der Waals surface area contributed by atoms with E-state index < -0.39 is 0 Å². The van der Waals surface area contributed by atoms with Crippen molar-refractivity contribution in [1.82, 2.24) is 14.7 Å². The summed E-state index contributed by atoms with van der Waals surface area (Å²) in [6.07, 6.45) is 3.64. The van der Waals surface area contributed by atoms with Gasteiger partial charge in [0, 0.05) is 32.5 Å². The van der Waals surface area contributed by atoms with Crippen molar-refractivity contribution in [1.29, 1.82) is 0 Å². The van der Waals surface area contributed by atoms with Gasteiger partial charge in [-0.1, -0.05) is 34.6 Å². The normalized spacial score (nSPS) is 14.1. The van der Waals surface area contributed by atoms with Gasteiger partial charge in [-0.3, -0.25) is 9.58 Å². The van der Waals surface area contributed by atoms with Gasteiger partial charge in [0.2, 0.25) is 0 Å². The Labute approximate surface area is 113 Å². The number of hydrogen-bond acceptors (Lipinski definition) is 3. The topological polar surface area (TPSA) is 30.3 Å². The molecule has 0 N–H and O–H groups in total. The van der Waals surface area contributed by atoms with Gasteiger partial charge < -0.3 is 4.74 Å². The summed E-state index contributed by atoms with van der Waals surface area (Å²) in [5, 5.41) is 3.83. The first kappa shape index (κ1) is 19.5. The molecule has 4 heteroatoms. The highest BCUT2D eigenvalue weighted by Gasteiger charge is 2.05. The number of aryl methyl sites for hydroxylation is 1. The maximum absolute atomic E-state index is 5.16. The second-order valence-corrected chi connectivity index (χ2v) is 3.23. The van der Waals surface area contributed by atoms with E-state index in [4.69, 9.17) is 4.74 Å². The molecular formula is C14H31N3O. The molecule has 0 amide bonds. The third-order valence-electron chi connectivity index (χ3n) is 2.19. The molecule has 0 spiro atoms. The molecule has 0 saturated carbocycles. The minimum absolute atomic E-state index is 0.924. The van der Waals surface area contributed by atoms with E-state index in [9.17, 15) is 0 Å². The van der Waals surface area contributed by atoms with Crippen LogP contribution in [0, 0.1) is 0 Å². The predicted molar refractivity (Wildman–Crippen MR) is 78.8 cm³/mol. The molecule has 0 unspecified atom stereocenters. The van der Waals surface area contributed by atoms with Crippen LogP contribution in [0.5, 0.6) is 0 Å². The summed E-state index contributed by atoms with van der Waals surface area (Å²) in [6.45, 7) is 15.4. The number of aromatic nitrogens is 2. The minimum Gasteiger partial charge on any atom is -0.379 e. The van der Waals surface area contributed by atoms with E-state index in [2.05, 4.69) is 16.9 Å². The van der Waals surface area contributed by atoms with Gasteiger partial charge in [-0.25, -0.2) is 0 Å². The summed E-state index contributed by atoms with van der Waals surface area (Å²) < 4.78 is 6.91. The average molecular weight is 257 g/mol. The van der Waals surface area contributed by atoms with Crippen molar-refractivity contribution in [2.45, 2.75) is 34.6 Å². The van der Waals surface area contributed by atoms with Crippen LogP contribution in [0.3, 0.4) is 0 Å². The zero-order chi connectivity index (χ0) is 14.2. The van der Waals surface area contributed by atoms with Gasteiger partial charge in [-0.15, -0.1) is 0 Å². The summed E-state index contributed by atoms with van der Waals surface area (Å²) in [6, 6.07) is 1.89. The number of rotatable bonds is 1. The molecule has 1 saturated heterocycles. The highest BCUT2D eigenvalue weighted by atomic mass is 16.5. The summed E-state index contributed by atoms with van der Waals surface area (Å²) in [5.41, 5.74) is 0.